The lowest BCUT2D eigenvalue weighted by atomic mass is 10.0. The molecule has 0 spiro atoms. The summed E-state index contributed by atoms with van der Waals surface area (Å²) in [4.78, 5) is 2.23. The number of benzene rings is 1. The Morgan fingerprint density at radius 1 is 1.45 bits per heavy atom. The standard InChI is InChI=1S/C14H19F3N2O/c1-18-11-3-2-6-19(9-11)8-10-4-5-13(12(15)7-10)20-14(16)17/h4-5,7,11,14,18H,2-3,6,8-9H2,1H3. The molecule has 3 nitrogen and oxygen atoms in total. The molecule has 20 heavy (non-hydrogen) atoms. The molecule has 1 aromatic rings. The van der Waals surface area contributed by atoms with Crippen molar-refractivity contribution in [1.82, 2.24) is 10.2 Å². The molecular weight excluding hydrogens is 269 g/mol. The topological polar surface area (TPSA) is 24.5 Å². The highest BCUT2D eigenvalue weighted by Crippen LogP contribution is 2.22. The molecule has 0 amide bonds. The Balaban J connectivity index is 1.97. The third kappa shape index (κ3) is 4.11. The van der Waals surface area contributed by atoms with Crippen molar-refractivity contribution in [3.05, 3.63) is 29.6 Å². The van der Waals surface area contributed by atoms with Crippen LogP contribution in [-0.2, 0) is 6.54 Å². The van der Waals surface area contributed by atoms with E-state index in [2.05, 4.69) is 15.0 Å². The number of likely N-dealkylation sites (tertiary alicyclic amines) is 1. The van der Waals surface area contributed by atoms with Gasteiger partial charge < -0.3 is 10.1 Å². The average Bonchev–Trinajstić information content (AvgIpc) is 2.42. The summed E-state index contributed by atoms with van der Waals surface area (Å²) in [5.74, 6) is -1.15. The molecule has 0 radical (unpaired) electrons. The summed E-state index contributed by atoms with van der Waals surface area (Å²) in [5.41, 5.74) is 0.765. The molecule has 0 aromatic heterocycles. The Labute approximate surface area is 116 Å². The van der Waals surface area contributed by atoms with Gasteiger partial charge in [0.05, 0.1) is 0 Å². The smallest absolute Gasteiger partial charge is 0.387 e. The average molecular weight is 288 g/mol. The number of halogens is 3. The third-order valence-corrected chi connectivity index (χ3v) is 3.53. The zero-order chi connectivity index (χ0) is 14.5. The molecule has 1 aliphatic rings. The first-order chi connectivity index (χ1) is 9.58. The van der Waals surface area contributed by atoms with E-state index in [1.54, 1.807) is 6.07 Å². The van der Waals surface area contributed by atoms with Gasteiger partial charge in [0.2, 0.25) is 0 Å². The fraction of sp³-hybridized carbons (Fsp3) is 0.571. The minimum atomic E-state index is -3.01. The van der Waals surface area contributed by atoms with Crippen LogP contribution in [0.1, 0.15) is 18.4 Å². The molecule has 1 saturated heterocycles. The molecule has 1 heterocycles. The Morgan fingerprint density at radius 2 is 2.25 bits per heavy atom. The van der Waals surface area contributed by atoms with E-state index in [1.165, 1.54) is 12.1 Å². The summed E-state index contributed by atoms with van der Waals surface area (Å²) in [7, 11) is 1.93. The molecule has 6 heteroatoms. The highest BCUT2D eigenvalue weighted by atomic mass is 19.3. The lowest BCUT2D eigenvalue weighted by molar-refractivity contribution is -0.0522. The summed E-state index contributed by atoms with van der Waals surface area (Å²) in [6.45, 7) is -0.513. The van der Waals surface area contributed by atoms with E-state index in [9.17, 15) is 13.2 Å². The van der Waals surface area contributed by atoms with Crippen LogP contribution >= 0.6 is 0 Å². The quantitative estimate of drug-likeness (QED) is 0.901. The zero-order valence-corrected chi connectivity index (χ0v) is 11.4. The van der Waals surface area contributed by atoms with Gasteiger partial charge >= 0.3 is 6.61 Å². The van der Waals surface area contributed by atoms with Gasteiger partial charge in [-0.1, -0.05) is 6.07 Å². The maximum atomic E-state index is 13.6. The molecule has 1 fully saturated rings. The van der Waals surface area contributed by atoms with Crippen molar-refractivity contribution in [1.29, 1.82) is 0 Å². The SMILES string of the molecule is CNC1CCCN(Cc2ccc(OC(F)F)c(F)c2)C1. The summed E-state index contributed by atoms with van der Waals surface area (Å²) in [6.07, 6.45) is 2.24. The van der Waals surface area contributed by atoms with Gasteiger partial charge in [0.1, 0.15) is 0 Å². The molecule has 1 aliphatic heterocycles. The molecular formula is C14H19F3N2O. The summed E-state index contributed by atoms with van der Waals surface area (Å²) >= 11 is 0. The molecule has 2 rings (SSSR count). The number of hydrogen-bond acceptors (Lipinski definition) is 3. The van der Waals surface area contributed by atoms with Crippen molar-refractivity contribution in [3.63, 3.8) is 0 Å². The van der Waals surface area contributed by atoms with E-state index in [0.717, 1.165) is 31.5 Å². The number of hydrogen-bond donors (Lipinski definition) is 1. The van der Waals surface area contributed by atoms with Crippen molar-refractivity contribution < 1.29 is 17.9 Å². The first kappa shape index (κ1) is 15.1. The van der Waals surface area contributed by atoms with Crippen LogP contribution in [0.4, 0.5) is 13.2 Å². The highest BCUT2D eigenvalue weighted by molar-refractivity contribution is 5.29. The molecule has 112 valence electrons. The van der Waals surface area contributed by atoms with Crippen LogP contribution in [0.5, 0.6) is 5.75 Å². The Morgan fingerprint density at radius 3 is 2.90 bits per heavy atom. The number of alkyl halides is 2. The Kier molecular flexibility index (Phi) is 5.25. The van der Waals surface area contributed by atoms with E-state index >= 15 is 0 Å². The minimum absolute atomic E-state index is 0.407. The molecule has 0 saturated carbocycles. The van der Waals surface area contributed by atoms with Crippen molar-refractivity contribution in [2.75, 3.05) is 20.1 Å². The third-order valence-electron chi connectivity index (χ3n) is 3.53. The van der Waals surface area contributed by atoms with Gasteiger partial charge in [-0.15, -0.1) is 0 Å². The predicted molar refractivity (Wildman–Crippen MR) is 70.4 cm³/mol. The molecule has 1 atom stereocenters. The number of piperidine rings is 1. The van der Waals surface area contributed by atoms with Crippen LogP contribution in [0, 0.1) is 5.82 Å². The number of nitrogens with zero attached hydrogens (tertiary/aromatic N) is 1. The van der Waals surface area contributed by atoms with E-state index < -0.39 is 18.2 Å². The van der Waals surface area contributed by atoms with E-state index in [-0.39, 0.29) is 0 Å². The van der Waals surface area contributed by atoms with Gasteiger partial charge in [0, 0.05) is 19.1 Å². The van der Waals surface area contributed by atoms with Crippen molar-refractivity contribution in [3.8, 4) is 5.75 Å². The lowest BCUT2D eigenvalue weighted by Gasteiger charge is -2.32. The number of rotatable bonds is 5. The molecule has 1 N–H and O–H groups in total. The van der Waals surface area contributed by atoms with Crippen molar-refractivity contribution >= 4 is 0 Å². The molecule has 0 bridgehead atoms. The van der Waals surface area contributed by atoms with E-state index in [1.807, 2.05) is 7.05 Å². The monoisotopic (exact) mass is 288 g/mol. The van der Waals surface area contributed by atoms with Crippen LogP contribution in [0.3, 0.4) is 0 Å². The lowest BCUT2D eigenvalue weighted by Crippen LogP contribution is -2.43. The van der Waals surface area contributed by atoms with Crippen molar-refractivity contribution in [2.24, 2.45) is 0 Å². The molecule has 1 aromatic carbocycles. The Bertz CT molecular complexity index is 442. The number of likely N-dealkylation sites (N-methyl/N-ethyl adjacent to an activating group) is 1. The number of nitrogens with one attached hydrogen (secondary N) is 1. The predicted octanol–water partition coefficient (Wildman–Crippen LogP) is 2.61. The van der Waals surface area contributed by atoms with Crippen LogP contribution in [0.15, 0.2) is 18.2 Å². The second kappa shape index (κ2) is 6.95. The fourth-order valence-corrected chi connectivity index (χ4v) is 2.53. The van der Waals surface area contributed by atoms with Crippen LogP contribution in [0.25, 0.3) is 0 Å². The second-order valence-corrected chi connectivity index (χ2v) is 5.01. The Hall–Kier alpha value is -1.27. The van der Waals surface area contributed by atoms with Crippen LogP contribution in [0.2, 0.25) is 0 Å². The zero-order valence-electron chi connectivity index (χ0n) is 11.4. The van der Waals surface area contributed by atoms with Gasteiger partial charge in [-0.3, -0.25) is 4.90 Å². The second-order valence-electron chi connectivity index (χ2n) is 5.01. The summed E-state index contributed by atoms with van der Waals surface area (Å²) in [5, 5.41) is 3.24. The van der Waals surface area contributed by atoms with Gasteiger partial charge in [-0.25, -0.2) is 4.39 Å². The van der Waals surface area contributed by atoms with Gasteiger partial charge in [0.15, 0.2) is 11.6 Å². The summed E-state index contributed by atoms with van der Waals surface area (Å²) < 4.78 is 41.8. The number of ether oxygens (including phenoxy) is 1. The van der Waals surface area contributed by atoms with Crippen LogP contribution in [-0.4, -0.2) is 37.7 Å². The normalized spacial score (nSPS) is 20.4. The first-order valence-corrected chi connectivity index (χ1v) is 6.71. The first-order valence-electron chi connectivity index (χ1n) is 6.71. The maximum Gasteiger partial charge on any atom is 0.387 e. The fourth-order valence-electron chi connectivity index (χ4n) is 2.53. The highest BCUT2D eigenvalue weighted by Gasteiger charge is 2.19. The van der Waals surface area contributed by atoms with Crippen LogP contribution < -0.4 is 10.1 Å². The van der Waals surface area contributed by atoms with E-state index in [0.29, 0.717) is 12.6 Å². The molecule has 1 unspecified atom stereocenters. The summed E-state index contributed by atoms with van der Waals surface area (Å²) in [6, 6.07) is 4.61. The van der Waals surface area contributed by atoms with Gasteiger partial charge in [-0.05, 0) is 44.1 Å². The largest absolute Gasteiger partial charge is 0.432 e. The van der Waals surface area contributed by atoms with Gasteiger partial charge in [-0.2, -0.15) is 8.78 Å². The van der Waals surface area contributed by atoms with Gasteiger partial charge in [0.25, 0.3) is 0 Å². The van der Waals surface area contributed by atoms with E-state index in [4.69, 9.17) is 0 Å². The minimum Gasteiger partial charge on any atom is -0.432 e. The van der Waals surface area contributed by atoms with Crippen molar-refractivity contribution in [2.45, 2.75) is 32.0 Å². The maximum absolute atomic E-state index is 13.6. The molecule has 0 aliphatic carbocycles.